The van der Waals surface area contributed by atoms with Gasteiger partial charge in [0.25, 0.3) is 11.1 Å². The Morgan fingerprint density at radius 2 is 1.66 bits per heavy atom. The fraction of sp³-hybridized carbons (Fsp3) is 0.292. The third-order valence-electron chi connectivity index (χ3n) is 5.91. The van der Waals surface area contributed by atoms with Crippen molar-refractivity contribution in [1.82, 2.24) is 24.7 Å². The van der Waals surface area contributed by atoms with E-state index in [-0.39, 0.29) is 5.39 Å². The average Bonchev–Trinajstić information content (AvgIpc) is 2.86. The number of H-pyrrole nitrogens is 1. The van der Waals surface area contributed by atoms with E-state index in [0.29, 0.717) is 18.6 Å². The largest absolute Gasteiger partial charge is 0.423 e. The molecule has 0 saturated carbocycles. The van der Waals surface area contributed by atoms with Gasteiger partial charge in [-0.2, -0.15) is 31.4 Å². The van der Waals surface area contributed by atoms with E-state index in [1.807, 2.05) is 0 Å². The summed E-state index contributed by atoms with van der Waals surface area (Å²) in [6.45, 7) is 0.627. The maximum Gasteiger partial charge on any atom is 0.423 e. The topological polar surface area (TPSA) is 106 Å². The molecule has 3 heterocycles. The SMILES string of the molecule is C[C@H](C[C@H](F)Cn1ccc2cc(-c3ncc(C(F)(F)F)cn3)c(F)c(F)c2c1=O)Nc1cn[nH]c(=O)c1C(F)(F)F. The molecule has 0 spiro atoms. The van der Waals surface area contributed by atoms with E-state index in [2.05, 4.69) is 20.4 Å². The number of anilines is 1. The Hall–Kier alpha value is -4.44. The number of aromatic amines is 1. The van der Waals surface area contributed by atoms with Gasteiger partial charge in [-0.1, -0.05) is 0 Å². The molecule has 0 saturated heterocycles. The van der Waals surface area contributed by atoms with Gasteiger partial charge < -0.3 is 9.88 Å². The van der Waals surface area contributed by atoms with Crippen LogP contribution in [0.1, 0.15) is 24.5 Å². The zero-order valence-corrected chi connectivity index (χ0v) is 20.5. The highest BCUT2D eigenvalue weighted by molar-refractivity contribution is 5.86. The summed E-state index contributed by atoms with van der Waals surface area (Å²) >= 11 is 0. The Balaban J connectivity index is 1.56. The molecule has 0 unspecified atom stereocenters. The molecule has 0 aliphatic heterocycles. The highest BCUT2D eigenvalue weighted by atomic mass is 19.4. The third-order valence-corrected chi connectivity index (χ3v) is 5.91. The van der Waals surface area contributed by atoms with E-state index in [4.69, 9.17) is 0 Å². The van der Waals surface area contributed by atoms with Gasteiger partial charge >= 0.3 is 12.4 Å². The maximum atomic E-state index is 15.0. The maximum absolute atomic E-state index is 15.0. The quantitative estimate of drug-likeness (QED) is 0.290. The first kappa shape index (κ1) is 29.5. The predicted molar refractivity (Wildman–Crippen MR) is 127 cm³/mol. The Bertz CT molecular complexity index is 1700. The van der Waals surface area contributed by atoms with E-state index in [0.717, 1.165) is 22.9 Å². The van der Waals surface area contributed by atoms with Crippen LogP contribution in [0, 0.1) is 11.6 Å². The molecule has 41 heavy (non-hydrogen) atoms. The molecule has 0 aliphatic rings. The van der Waals surface area contributed by atoms with Crippen molar-refractivity contribution >= 4 is 16.5 Å². The van der Waals surface area contributed by atoms with Crippen molar-refractivity contribution in [2.24, 2.45) is 0 Å². The van der Waals surface area contributed by atoms with Gasteiger partial charge in [-0.15, -0.1) is 0 Å². The molecule has 2 N–H and O–H groups in total. The number of rotatable bonds is 7. The van der Waals surface area contributed by atoms with Gasteiger partial charge in [-0.05, 0) is 24.4 Å². The van der Waals surface area contributed by atoms with Crippen LogP contribution in [0.5, 0.6) is 0 Å². The second-order valence-electron chi connectivity index (χ2n) is 8.95. The van der Waals surface area contributed by atoms with Crippen LogP contribution in [0.2, 0.25) is 0 Å². The minimum absolute atomic E-state index is 0.171. The molecule has 4 aromatic rings. The summed E-state index contributed by atoms with van der Waals surface area (Å²) in [4.78, 5) is 31.3. The van der Waals surface area contributed by atoms with Gasteiger partial charge in [-0.3, -0.25) is 9.59 Å². The van der Waals surface area contributed by atoms with Gasteiger partial charge in [0.1, 0.15) is 11.7 Å². The smallest absolute Gasteiger partial charge is 0.381 e. The number of pyridine rings is 1. The van der Waals surface area contributed by atoms with Crippen LogP contribution in [0.15, 0.2) is 46.5 Å². The van der Waals surface area contributed by atoms with Crippen molar-refractivity contribution in [3.05, 3.63) is 80.4 Å². The van der Waals surface area contributed by atoms with Crippen LogP contribution < -0.4 is 16.4 Å². The Kier molecular flexibility index (Phi) is 7.82. The number of nitrogens with zero attached hydrogens (tertiary/aromatic N) is 4. The number of hydrogen-bond donors (Lipinski definition) is 2. The van der Waals surface area contributed by atoms with Gasteiger partial charge in [0, 0.05) is 31.1 Å². The molecule has 0 radical (unpaired) electrons. The van der Waals surface area contributed by atoms with Crippen LogP contribution in [0.4, 0.5) is 45.2 Å². The molecule has 1 aromatic carbocycles. The summed E-state index contributed by atoms with van der Waals surface area (Å²) in [5.41, 5.74) is -6.72. The summed E-state index contributed by atoms with van der Waals surface area (Å²) in [5.74, 6) is -3.85. The van der Waals surface area contributed by atoms with Gasteiger partial charge in [0.05, 0.1) is 34.9 Å². The van der Waals surface area contributed by atoms with E-state index >= 15 is 0 Å². The van der Waals surface area contributed by atoms with Crippen molar-refractivity contribution in [1.29, 1.82) is 0 Å². The van der Waals surface area contributed by atoms with Crippen LogP contribution in [0.25, 0.3) is 22.2 Å². The van der Waals surface area contributed by atoms with Crippen molar-refractivity contribution in [2.45, 2.75) is 44.5 Å². The molecule has 2 atom stereocenters. The number of alkyl halides is 7. The minimum Gasteiger partial charge on any atom is -0.381 e. The third kappa shape index (κ3) is 6.17. The summed E-state index contributed by atoms with van der Waals surface area (Å²) in [7, 11) is 0. The molecule has 17 heteroatoms. The lowest BCUT2D eigenvalue weighted by Gasteiger charge is -2.20. The van der Waals surface area contributed by atoms with Crippen molar-refractivity contribution in [3.8, 4) is 11.4 Å². The second kappa shape index (κ2) is 10.9. The first-order valence-corrected chi connectivity index (χ1v) is 11.5. The van der Waals surface area contributed by atoms with E-state index in [1.54, 1.807) is 5.10 Å². The summed E-state index contributed by atoms with van der Waals surface area (Å²) in [6, 6.07) is 1.10. The molecule has 3 aromatic heterocycles. The molecule has 0 aliphatic carbocycles. The molecule has 218 valence electrons. The summed E-state index contributed by atoms with van der Waals surface area (Å²) in [6.07, 6.45) is -9.58. The lowest BCUT2D eigenvalue weighted by molar-refractivity contribution is -0.139. The fourth-order valence-corrected chi connectivity index (χ4v) is 4.08. The Morgan fingerprint density at radius 3 is 2.27 bits per heavy atom. The average molecular weight is 592 g/mol. The molecular formula is C24H17F9N6O2. The molecule has 4 rings (SSSR count). The normalized spacial score (nSPS) is 13.8. The monoisotopic (exact) mass is 592 g/mol. The lowest BCUT2D eigenvalue weighted by atomic mass is 10.1. The fourth-order valence-electron chi connectivity index (χ4n) is 4.08. The highest BCUT2D eigenvalue weighted by Gasteiger charge is 2.37. The van der Waals surface area contributed by atoms with Gasteiger partial charge in [0.15, 0.2) is 17.5 Å². The zero-order valence-electron chi connectivity index (χ0n) is 20.5. The Morgan fingerprint density at radius 1 is 1.00 bits per heavy atom. The van der Waals surface area contributed by atoms with Crippen molar-refractivity contribution < 1.29 is 39.5 Å². The summed E-state index contributed by atoms with van der Waals surface area (Å²) in [5, 5.41) is 6.36. The van der Waals surface area contributed by atoms with Crippen LogP contribution in [0.3, 0.4) is 0 Å². The second-order valence-corrected chi connectivity index (χ2v) is 8.95. The predicted octanol–water partition coefficient (Wildman–Crippen LogP) is 5.09. The van der Waals surface area contributed by atoms with Crippen LogP contribution >= 0.6 is 0 Å². The zero-order chi connectivity index (χ0) is 30.3. The number of benzene rings is 1. The molecular weight excluding hydrogens is 575 g/mol. The number of nitrogens with one attached hydrogen (secondary N) is 2. The molecule has 0 amide bonds. The number of hydrogen-bond acceptors (Lipinski definition) is 6. The van der Waals surface area contributed by atoms with Gasteiger partial charge in [-0.25, -0.2) is 28.2 Å². The first-order chi connectivity index (χ1) is 19.1. The molecule has 8 nitrogen and oxygen atoms in total. The minimum atomic E-state index is -5.02. The van der Waals surface area contributed by atoms with E-state index < -0.39 is 93.9 Å². The number of fused-ring (bicyclic) bond motifs is 1. The van der Waals surface area contributed by atoms with Crippen molar-refractivity contribution in [3.63, 3.8) is 0 Å². The van der Waals surface area contributed by atoms with Crippen molar-refractivity contribution in [2.75, 3.05) is 5.32 Å². The number of aromatic nitrogens is 5. The highest BCUT2D eigenvalue weighted by Crippen LogP contribution is 2.33. The lowest BCUT2D eigenvalue weighted by Crippen LogP contribution is -2.30. The van der Waals surface area contributed by atoms with Crippen LogP contribution in [-0.2, 0) is 18.9 Å². The first-order valence-electron chi connectivity index (χ1n) is 11.5. The molecule has 0 bridgehead atoms. The summed E-state index contributed by atoms with van der Waals surface area (Å²) < 4.78 is 123. The molecule has 0 fully saturated rings. The van der Waals surface area contributed by atoms with Crippen LogP contribution in [-0.4, -0.2) is 36.9 Å². The van der Waals surface area contributed by atoms with E-state index in [1.165, 1.54) is 6.92 Å². The standard InChI is InChI=1S/C24H17F9N6O2/c1-10(37-15-8-36-38-21(40)17(15)24(31,32)33)4-13(25)9-39-3-2-11-5-14(18(26)19(27)16(11)22(39)41)20-34-6-12(7-35-20)23(28,29)30/h2-3,5-8,10,13H,4,9H2,1H3,(H2,37,38,40)/t10-,13+/m1/s1. The van der Waals surface area contributed by atoms with Gasteiger partial charge in [0.2, 0.25) is 0 Å². The van der Waals surface area contributed by atoms with E-state index in [9.17, 15) is 49.1 Å². The number of halogens is 9. The Labute approximate surface area is 222 Å².